The summed E-state index contributed by atoms with van der Waals surface area (Å²) in [6.45, 7) is 4.26. The molecule has 1 heterocycles. The molecular weight excluding hydrogens is 278 g/mol. The number of rotatable bonds is 3. The van der Waals surface area contributed by atoms with E-state index < -0.39 is 0 Å². The summed E-state index contributed by atoms with van der Waals surface area (Å²) in [4.78, 5) is 27.3. The topological polar surface area (TPSA) is 64.4 Å². The lowest BCUT2D eigenvalue weighted by Gasteiger charge is -2.21. The Hall–Kier alpha value is -2.35. The summed E-state index contributed by atoms with van der Waals surface area (Å²) < 4.78 is 0. The number of carbonyl (C=O) groups excluding carboxylic acids is 2. The van der Waals surface area contributed by atoms with Crippen molar-refractivity contribution in [1.82, 2.24) is 9.80 Å². The summed E-state index contributed by atoms with van der Waals surface area (Å²) in [5.74, 6) is 0.210. The van der Waals surface area contributed by atoms with Gasteiger partial charge in [0.1, 0.15) is 0 Å². The summed E-state index contributed by atoms with van der Waals surface area (Å²) in [5.41, 5.74) is 1.69. The minimum atomic E-state index is 0.0758. The number of nitriles is 1. The van der Waals surface area contributed by atoms with E-state index >= 15 is 0 Å². The highest BCUT2D eigenvalue weighted by atomic mass is 16.2. The molecule has 0 aromatic heterocycles. The van der Waals surface area contributed by atoms with Crippen LogP contribution in [0.25, 0.3) is 0 Å². The smallest absolute Gasteiger partial charge is 0.222 e. The maximum Gasteiger partial charge on any atom is 0.222 e. The molecule has 116 valence electrons. The fourth-order valence-corrected chi connectivity index (χ4v) is 2.64. The van der Waals surface area contributed by atoms with Crippen LogP contribution in [0.3, 0.4) is 0 Å². The third-order valence-corrected chi connectivity index (χ3v) is 4.00. The summed E-state index contributed by atoms with van der Waals surface area (Å²) in [5, 5.41) is 8.77. The minimum Gasteiger partial charge on any atom is -0.341 e. The zero-order chi connectivity index (χ0) is 15.9. The van der Waals surface area contributed by atoms with E-state index in [9.17, 15) is 9.59 Å². The van der Waals surface area contributed by atoms with Crippen molar-refractivity contribution in [3.05, 3.63) is 35.4 Å². The quantitative estimate of drug-likeness (QED) is 0.851. The molecule has 1 fully saturated rings. The van der Waals surface area contributed by atoms with Crippen molar-refractivity contribution in [2.24, 2.45) is 0 Å². The van der Waals surface area contributed by atoms with Gasteiger partial charge in [0.2, 0.25) is 11.8 Å². The number of carbonyl (C=O) groups is 2. The van der Waals surface area contributed by atoms with Crippen LogP contribution in [0.4, 0.5) is 0 Å². The van der Waals surface area contributed by atoms with Gasteiger partial charge in [-0.3, -0.25) is 9.59 Å². The van der Waals surface area contributed by atoms with E-state index in [4.69, 9.17) is 5.26 Å². The van der Waals surface area contributed by atoms with Crippen LogP contribution >= 0.6 is 0 Å². The molecule has 1 aromatic rings. The lowest BCUT2D eigenvalue weighted by Crippen LogP contribution is -2.36. The van der Waals surface area contributed by atoms with E-state index in [-0.39, 0.29) is 11.8 Å². The standard InChI is InChI=1S/C17H21N3O2/c1-14(21)19-9-2-10-20(12-11-19)17(22)8-7-15-3-5-16(13-18)6-4-15/h3-6H,2,7-12H2,1H3. The van der Waals surface area contributed by atoms with Crippen molar-refractivity contribution in [3.63, 3.8) is 0 Å². The highest BCUT2D eigenvalue weighted by Gasteiger charge is 2.19. The molecule has 2 amide bonds. The Morgan fingerprint density at radius 3 is 2.36 bits per heavy atom. The zero-order valence-electron chi connectivity index (χ0n) is 12.9. The van der Waals surface area contributed by atoms with Gasteiger partial charge in [-0.25, -0.2) is 0 Å². The first-order valence-electron chi connectivity index (χ1n) is 7.62. The molecule has 0 bridgehead atoms. The van der Waals surface area contributed by atoms with Crippen LogP contribution in [0.2, 0.25) is 0 Å². The molecule has 0 atom stereocenters. The third kappa shape index (κ3) is 4.32. The predicted molar refractivity (Wildman–Crippen MR) is 82.9 cm³/mol. The molecule has 1 aliphatic rings. The van der Waals surface area contributed by atoms with E-state index in [2.05, 4.69) is 6.07 Å². The molecule has 0 aliphatic carbocycles. The number of amides is 2. The second-order valence-corrected chi connectivity index (χ2v) is 5.55. The summed E-state index contributed by atoms with van der Waals surface area (Å²) in [6.07, 6.45) is 1.98. The Balaban J connectivity index is 1.84. The highest BCUT2D eigenvalue weighted by Crippen LogP contribution is 2.09. The molecule has 5 heteroatoms. The normalized spacial score (nSPS) is 15.1. The van der Waals surface area contributed by atoms with Gasteiger partial charge in [-0.15, -0.1) is 0 Å². The van der Waals surface area contributed by atoms with Gasteiger partial charge >= 0.3 is 0 Å². The van der Waals surface area contributed by atoms with E-state index in [0.717, 1.165) is 25.1 Å². The Labute approximate surface area is 131 Å². The number of benzene rings is 1. The average Bonchev–Trinajstić information content (AvgIpc) is 2.79. The molecule has 1 aromatic carbocycles. The fourth-order valence-electron chi connectivity index (χ4n) is 2.64. The Morgan fingerprint density at radius 2 is 1.73 bits per heavy atom. The first kappa shape index (κ1) is 16.0. The summed E-state index contributed by atoms with van der Waals surface area (Å²) in [6, 6.07) is 9.42. The largest absolute Gasteiger partial charge is 0.341 e. The number of aryl methyl sites for hydroxylation is 1. The van der Waals surface area contributed by atoms with Crippen LogP contribution in [-0.4, -0.2) is 47.8 Å². The summed E-state index contributed by atoms with van der Waals surface area (Å²) in [7, 11) is 0. The molecule has 0 spiro atoms. The van der Waals surface area contributed by atoms with Gasteiger partial charge in [0.15, 0.2) is 0 Å². The van der Waals surface area contributed by atoms with Crippen molar-refractivity contribution < 1.29 is 9.59 Å². The maximum absolute atomic E-state index is 12.3. The zero-order valence-corrected chi connectivity index (χ0v) is 12.9. The third-order valence-electron chi connectivity index (χ3n) is 4.00. The molecular formula is C17H21N3O2. The van der Waals surface area contributed by atoms with Gasteiger partial charge in [-0.05, 0) is 30.5 Å². The van der Waals surface area contributed by atoms with Crippen molar-refractivity contribution in [2.75, 3.05) is 26.2 Å². The SMILES string of the molecule is CC(=O)N1CCCN(C(=O)CCc2ccc(C#N)cc2)CC1. The van der Waals surface area contributed by atoms with E-state index in [1.165, 1.54) is 0 Å². The van der Waals surface area contributed by atoms with Gasteiger partial charge in [0.25, 0.3) is 0 Å². The first-order valence-corrected chi connectivity index (χ1v) is 7.62. The fraction of sp³-hybridized carbons (Fsp3) is 0.471. The first-order chi connectivity index (χ1) is 10.6. The Bertz CT molecular complexity index is 575. The lowest BCUT2D eigenvalue weighted by molar-refractivity contribution is -0.132. The minimum absolute atomic E-state index is 0.0758. The average molecular weight is 299 g/mol. The van der Waals surface area contributed by atoms with Crippen LogP contribution in [0.15, 0.2) is 24.3 Å². The molecule has 0 radical (unpaired) electrons. The predicted octanol–water partition coefficient (Wildman–Crippen LogP) is 1.57. The lowest BCUT2D eigenvalue weighted by atomic mass is 10.1. The van der Waals surface area contributed by atoms with E-state index in [1.807, 2.05) is 17.0 Å². The number of nitrogens with zero attached hydrogens (tertiary/aromatic N) is 3. The van der Waals surface area contributed by atoms with Crippen LogP contribution in [0, 0.1) is 11.3 Å². The van der Waals surface area contributed by atoms with E-state index in [0.29, 0.717) is 31.5 Å². The maximum atomic E-state index is 12.3. The molecule has 1 aliphatic heterocycles. The van der Waals surface area contributed by atoms with Crippen molar-refractivity contribution >= 4 is 11.8 Å². The molecule has 22 heavy (non-hydrogen) atoms. The molecule has 5 nitrogen and oxygen atoms in total. The summed E-state index contributed by atoms with van der Waals surface area (Å²) >= 11 is 0. The van der Waals surface area contributed by atoms with Crippen molar-refractivity contribution in [3.8, 4) is 6.07 Å². The van der Waals surface area contributed by atoms with Crippen molar-refractivity contribution in [1.29, 1.82) is 5.26 Å². The van der Waals surface area contributed by atoms with Crippen LogP contribution in [0.1, 0.15) is 30.9 Å². The second-order valence-electron chi connectivity index (χ2n) is 5.55. The van der Waals surface area contributed by atoms with Gasteiger partial charge in [0.05, 0.1) is 11.6 Å². The second kappa shape index (κ2) is 7.60. The van der Waals surface area contributed by atoms with Crippen LogP contribution in [0.5, 0.6) is 0 Å². The van der Waals surface area contributed by atoms with Gasteiger partial charge in [0, 0.05) is 39.5 Å². The number of hydrogen-bond donors (Lipinski definition) is 0. The van der Waals surface area contributed by atoms with Crippen LogP contribution < -0.4 is 0 Å². The Morgan fingerprint density at radius 1 is 1.09 bits per heavy atom. The molecule has 2 rings (SSSR count). The van der Waals surface area contributed by atoms with Crippen molar-refractivity contribution in [2.45, 2.75) is 26.2 Å². The highest BCUT2D eigenvalue weighted by molar-refractivity contribution is 5.77. The molecule has 0 unspecified atom stereocenters. The van der Waals surface area contributed by atoms with Gasteiger partial charge in [-0.2, -0.15) is 5.26 Å². The molecule has 0 saturated carbocycles. The van der Waals surface area contributed by atoms with Crippen LogP contribution in [-0.2, 0) is 16.0 Å². The monoisotopic (exact) mass is 299 g/mol. The molecule has 1 saturated heterocycles. The van der Waals surface area contributed by atoms with E-state index in [1.54, 1.807) is 24.0 Å². The van der Waals surface area contributed by atoms with Gasteiger partial charge < -0.3 is 9.80 Å². The Kier molecular flexibility index (Phi) is 5.54. The molecule has 0 N–H and O–H groups in total. The number of hydrogen-bond acceptors (Lipinski definition) is 3. The van der Waals surface area contributed by atoms with Gasteiger partial charge in [-0.1, -0.05) is 12.1 Å².